The summed E-state index contributed by atoms with van der Waals surface area (Å²) >= 11 is 0. The van der Waals surface area contributed by atoms with Crippen LogP contribution < -0.4 is 26.3 Å². The molecule has 0 atom stereocenters. The lowest BCUT2D eigenvalue weighted by atomic mass is 10.1. The van der Waals surface area contributed by atoms with Crippen molar-refractivity contribution in [2.24, 2.45) is 0 Å². The number of ether oxygens (including phenoxy) is 2. The maximum Gasteiger partial charge on any atom is 0.280 e. The van der Waals surface area contributed by atoms with E-state index in [0.717, 1.165) is 5.56 Å². The Bertz CT molecular complexity index is 1340. The van der Waals surface area contributed by atoms with Crippen molar-refractivity contribution >= 4 is 16.6 Å². The van der Waals surface area contributed by atoms with Crippen LogP contribution in [-0.4, -0.2) is 28.6 Å². The SMILES string of the molecule is COc1cc(Cn2c(C)c3c(=O)n(-c4cccc(N)c4)[nH]c3cc2=O)cc(OC)c1. The molecule has 30 heavy (non-hydrogen) atoms. The van der Waals surface area contributed by atoms with Gasteiger partial charge < -0.3 is 19.8 Å². The van der Waals surface area contributed by atoms with Crippen molar-refractivity contribution in [3.05, 3.63) is 80.5 Å². The summed E-state index contributed by atoms with van der Waals surface area (Å²) in [6.07, 6.45) is 0. The van der Waals surface area contributed by atoms with Crippen molar-refractivity contribution in [2.45, 2.75) is 13.5 Å². The molecule has 8 heteroatoms. The van der Waals surface area contributed by atoms with Crippen molar-refractivity contribution in [1.82, 2.24) is 14.3 Å². The Balaban J connectivity index is 1.86. The number of fused-ring (bicyclic) bond motifs is 1. The summed E-state index contributed by atoms with van der Waals surface area (Å²) in [6, 6.07) is 13.8. The van der Waals surface area contributed by atoms with E-state index in [0.29, 0.717) is 39.5 Å². The molecule has 0 unspecified atom stereocenters. The van der Waals surface area contributed by atoms with Gasteiger partial charge in [0.05, 0.1) is 37.4 Å². The molecule has 4 aromatic rings. The van der Waals surface area contributed by atoms with Crippen molar-refractivity contribution < 1.29 is 9.47 Å². The quantitative estimate of drug-likeness (QED) is 0.496. The van der Waals surface area contributed by atoms with E-state index in [2.05, 4.69) is 5.10 Å². The Labute approximate surface area is 172 Å². The summed E-state index contributed by atoms with van der Waals surface area (Å²) in [4.78, 5) is 25.9. The summed E-state index contributed by atoms with van der Waals surface area (Å²) in [5.41, 5.74) is 8.40. The number of rotatable bonds is 5. The molecule has 0 aliphatic heterocycles. The van der Waals surface area contributed by atoms with Crippen LogP contribution in [0.3, 0.4) is 0 Å². The van der Waals surface area contributed by atoms with Crippen LogP contribution in [0.2, 0.25) is 0 Å². The van der Waals surface area contributed by atoms with Crippen LogP contribution in [0.25, 0.3) is 16.6 Å². The number of nitrogens with two attached hydrogens (primary N) is 1. The van der Waals surface area contributed by atoms with Crippen molar-refractivity contribution in [3.63, 3.8) is 0 Å². The molecule has 0 bridgehead atoms. The standard InChI is InChI=1S/C22H22N4O4/c1-13-21-19(24-26(22(21)28)16-6-4-5-15(23)9-16)11-20(27)25(13)12-14-7-17(29-2)10-18(8-14)30-3/h4-11,24H,12,23H2,1-3H3. The van der Waals surface area contributed by atoms with E-state index in [1.54, 1.807) is 56.0 Å². The number of anilines is 1. The zero-order valence-electron chi connectivity index (χ0n) is 16.9. The van der Waals surface area contributed by atoms with Crippen LogP contribution in [0.15, 0.2) is 58.1 Å². The van der Waals surface area contributed by atoms with Gasteiger partial charge in [-0.1, -0.05) is 6.07 Å². The van der Waals surface area contributed by atoms with E-state index in [4.69, 9.17) is 15.2 Å². The second-order valence-electron chi connectivity index (χ2n) is 7.01. The number of nitrogens with one attached hydrogen (secondary N) is 1. The molecule has 0 saturated carbocycles. The van der Waals surface area contributed by atoms with Gasteiger partial charge in [-0.05, 0) is 42.8 Å². The number of hydrogen-bond acceptors (Lipinski definition) is 5. The molecule has 0 aliphatic carbocycles. The van der Waals surface area contributed by atoms with E-state index in [1.807, 2.05) is 12.1 Å². The van der Waals surface area contributed by atoms with Gasteiger partial charge in [0.25, 0.3) is 11.1 Å². The first-order chi connectivity index (χ1) is 14.4. The monoisotopic (exact) mass is 406 g/mol. The van der Waals surface area contributed by atoms with E-state index >= 15 is 0 Å². The largest absolute Gasteiger partial charge is 0.497 e. The van der Waals surface area contributed by atoms with Gasteiger partial charge in [0.1, 0.15) is 11.5 Å². The highest BCUT2D eigenvalue weighted by atomic mass is 16.5. The molecule has 0 spiro atoms. The smallest absolute Gasteiger partial charge is 0.280 e. The van der Waals surface area contributed by atoms with Crippen LogP contribution in [0, 0.1) is 6.92 Å². The van der Waals surface area contributed by atoms with Gasteiger partial charge in [0, 0.05) is 23.5 Å². The number of aromatic amines is 1. The zero-order chi connectivity index (χ0) is 21.4. The summed E-state index contributed by atoms with van der Waals surface area (Å²) in [7, 11) is 3.14. The predicted molar refractivity (Wildman–Crippen MR) is 116 cm³/mol. The maximum absolute atomic E-state index is 13.1. The number of methoxy groups -OCH3 is 2. The molecule has 0 fully saturated rings. The highest BCUT2D eigenvalue weighted by Gasteiger charge is 2.16. The predicted octanol–water partition coefficient (Wildman–Crippen LogP) is 2.44. The van der Waals surface area contributed by atoms with Crippen molar-refractivity contribution in [3.8, 4) is 17.2 Å². The fourth-order valence-electron chi connectivity index (χ4n) is 3.59. The topological polar surface area (TPSA) is 104 Å². The molecular formula is C22H22N4O4. The summed E-state index contributed by atoms with van der Waals surface area (Å²) in [5, 5.41) is 3.46. The minimum absolute atomic E-state index is 0.220. The van der Waals surface area contributed by atoms with Gasteiger partial charge >= 0.3 is 0 Å². The molecule has 0 radical (unpaired) electrons. The molecule has 8 nitrogen and oxygen atoms in total. The van der Waals surface area contributed by atoms with Gasteiger partial charge in [-0.3, -0.25) is 14.7 Å². The van der Waals surface area contributed by atoms with E-state index in [-0.39, 0.29) is 17.7 Å². The lowest BCUT2D eigenvalue weighted by Gasteiger charge is -2.12. The average Bonchev–Trinajstić information content (AvgIpc) is 3.06. The van der Waals surface area contributed by atoms with Gasteiger partial charge in [-0.2, -0.15) is 0 Å². The van der Waals surface area contributed by atoms with Gasteiger partial charge in [-0.15, -0.1) is 0 Å². The first kappa shape index (κ1) is 19.4. The van der Waals surface area contributed by atoms with Gasteiger partial charge in [0.15, 0.2) is 0 Å². The lowest BCUT2D eigenvalue weighted by molar-refractivity contribution is 0.393. The third-order valence-electron chi connectivity index (χ3n) is 5.10. The molecule has 0 saturated heterocycles. The summed E-state index contributed by atoms with van der Waals surface area (Å²) in [6.45, 7) is 2.04. The van der Waals surface area contributed by atoms with E-state index in [9.17, 15) is 9.59 Å². The number of pyridine rings is 1. The first-order valence-electron chi connectivity index (χ1n) is 9.34. The maximum atomic E-state index is 13.1. The van der Waals surface area contributed by atoms with Gasteiger partial charge in [0.2, 0.25) is 0 Å². The molecule has 4 rings (SSSR count). The second kappa shape index (κ2) is 7.47. The number of H-pyrrole nitrogens is 1. The molecule has 0 amide bonds. The Kier molecular flexibility index (Phi) is 4.83. The van der Waals surface area contributed by atoms with E-state index < -0.39 is 0 Å². The molecule has 2 aromatic heterocycles. The zero-order valence-corrected chi connectivity index (χ0v) is 16.9. The van der Waals surface area contributed by atoms with Crippen LogP contribution in [0.1, 0.15) is 11.3 Å². The highest BCUT2D eigenvalue weighted by Crippen LogP contribution is 2.23. The van der Waals surface area contributed by atoms with Crippen molar-refractivity contribution in [2.75, 3.05) is 20.0 Å². The third kappa shape index (κ3) is 3.32. The molecule has 2 heterocycles. The number of aryl methyl sites for hydroxylation is 1. The number of nitrogens with zero attached hydrogens (tertiary/aromatic N) is 2. The van der Waals surface area contributed by atoms with Crippen LogP contribution >= 0.6 is 0 Å². The third-order valence-corrected chi connectivity index (χ3v) is 5.10. The summed E-state index contributed by atoms with van der Waals surface area (Å²) in [5.74, 6) is 1.25. The minimum atomic E-state index is -0.245. The normalized spacial score (nSPS) is 11.0. The van der Waals surface area contributed by atoms with E-state index in [1.165, 1.54) is 10.7 Å². The van der Waals surface area contributed by atoms with Crippen LogP contribution in [0.5, 0.6) is 11.5 Å². The Morgan fingerprint density at radius 1 is 1.00 bits per heavy atom. The van der Waals surface area contributed by atoms with Gasteiger partial charge in [-0.25, -0.2) is 4.68 Å². The number of hydrogen-bond donors (Lipinski definition) is 2. The number of aromatic nitrogens is 3. The minimum Gasteiger partial charge on any atom is -0.497 e. The molecular weight excluding hydrogens is 384 g/mol. The molecule has 154 valence electrons. The molecule has 0 aliphatic rings. The number of nitrogen functional groups attached to an aromatic ring is 1. The van der Waals surface area contributed by atoms with Crippen molar-refractivity contribution in [1.29, 1.82) is 0 Å². The average molecular weight is 406 g/mol. The Morgan fingerprint density at radius 3 is 2.33 bits per heavy atom. The Morgan fingerprint density at radius 2 is 1.70 bits per heavy atom. The summed E-state index contributed by atoms with van der Waals surface area (Å²) < 4.78 is 13.6. The van der Waals surface area contributed by atoms with Crippen LogP contribution in [0.4, 0.5) is 5.69 Å². The Hall–Kier alpha value is -3.94. The lowest BCUT2D eigenvalue weighted by Crippen LogP contribution is -2.24. The highest BCUT2D eigenvalue weighted by molar-refractivity contribution is 5.80. The van der Waals surface area contributed by atoms with Crippen LogP contribution in [-0.2, 0) is 6.54 Å². The number of benzene rings is 2. The molecule has 2 aromatic carbocycles. The fraction of sp³-hybridized carbons (Fsp3) is 0.182. The molecule has 3 N–H and O–H groups in total. The second-order valence-corrected chi connectivity index (χ2v) is 7.01. The fourth-order valence-corrected chi connectivity index (χ4v) is 3.59. The first-order valence-corrected chi connectivity index (χ1v) is 9.34.